The van der Waals surface area contributed by atoms with Crippen LogP contribution in [0, 0.1) is 5.41 Å². The zero-order valence-corrected chi connectivity index (χ0v) is 13.2. The molecule has 1 fully saturated rings. The number of benzene rings is 1. The number of amides is 1. The Kier molecular flexibility index (Phi) is 5.37. The first-order valence-corrected chi connectivity index (χ1v) is 7.90. The van der Waals surface area contributed by atoms with Gasteiger partial charge < -0.3 is 0 Å². The van der Waals surface area contributed by atoms with Gasteiger partial charge in [-0.25, -0.2) is 5.84 Å². The van der Waals surface area contributed by atoms with Crippen molar-refractivity contribution < 1.29 is 4.79 Å². The molecule has 0 aromatic heterocycles. The number of hydrogen-bond donors (Lipinski definition) is 2. The molecule has 4 heteroatoms. The number of nitrogens with one attached hydrogen (secondary N) is 1. The third kappa shape index (κ3) is 4.05. The van der Waals surface area contributed by atoms with Gasteiger partial charge in [0.1, 0.15) is 0 Å². The maximum Gasteiger partial charge on any atom is 0.238 e. The highest BCUT2D eigenvalue weighted by Gasteiger charge is 2.34. The zero-order valence-electron chi connectivity index (χ0n) is 13.2. The Bertz CT molecular complexity index is 465. The Morgan fingerprint density at radius 3 is 2.38 bits per heavy atom. The molecule has 1 aliphatic rings. The molecular formula is C17H27N3O. The van der Waals surface area contributed by atoms with Crippen molar-refractivity contribution in [3.05, 3.63) is 35.4 Å². The van der Waals surface area contributed by atoms with E-state index in [1.165, 1.54) is 37.9 Å². The van der Waals surface area contributed by atoms with Crippen molar-refractivity contribution in [3.63, 3.8) is 0 Å². The van der Waals surface area contributed by atoms with Crippen LogP contribution in [-0.2, 0) is 17.8 Å². The lowest BCUT2D eigenvalue weighted by Crippen LogP contribution is -2.31. The standard InChI is InChI=1S/C17H27N3O/c1-3-17(4-2)9-10-20(13-17)12-15-7-5-14(6-8-15)11-16(21)19-18/h5-8H,3-4,9-13,18H2,1-2H3,(H,19,21). The molecule has 1 aromatic carbocycles. The molecule has 116 valence electrons. The van der Waals surface area contributed by atoms with E-state index in [1.54, 1.807) is 0 Å². The number of rotatable bonds is 6. The highest BCUT2D eigenvalue weighted by molar-refractivity contribution is 5.77. The van der Waals surface area contributed by atoms with E-state index >= 15 is 0 Å². The SMILES string of the molecule is CCC1(CC)CCN(Cc2ccc(CC(=O)NN)cc2)C1. The minimum absolute atomic E-state index is 0.155. The van der Waals surface area contributed by atoms with Crippen LogP contribution < -0.4 is 11.3 Å². The van der Waals surface area contributed by atoms with Gasteiger partial charge in [-0.2, -0.15) is 0 Å². The molecule has 0 radical (unpaired) electrons. The number of nitrogens with two attached hydrogens (primary N) is 1. The summed E-state index contributed by atoms with van der Waals surface area (Å²) in [7, 11) is 0. The Labute approximate surface area is 127 Å². The average molecular weight is 289 g/mol. The van der Waals surface area contributed by atoms with E-state index < -0.39 is 0 Å². The topological polar surface area (TPSA) is 58.4 Å². The van der Waals surface area contributed by atoms with Gasteiger partial charge in [0.25, 0.3) is 0 Å². The average Bonchev–Trinajstić information content (AvgIpc) is 2.93. The van der Waals surface area contributed by atoms with Gasteiger partial charge in [-0.3, -0.25) is 15.1 Å². The molecule has 4 nitrogen and oxygen atoms in total. The number of carbonyl (C=O) groups excluding carboxylic acids is 1. The van der Waals surface area contributed by atoms with E-state index in [0.717, 1.165) is 12.1 Å². The molecule has 1 heterocycles. The summed E-state index contributed by atoms with van der Waals surface area (Å²) >= 11 is 0. The second-order valence-corrected chi connectivity index (χ2v) is 6.23. The minimum Gasteiger partial charge on any atom is -0.299 e. The molecule has 1 saturated heterocycles. The molecule has 0 unspecified atom stereocenters. The van der Waals surface area contributed by atoms with Crippen LogP contribution in [0.4, 0.5) is 0 Å². The Balaban J connectivity index is 1.91. The fraction of sp³-hybridized carbons (Fsp3) is 0.588. The van der Waals surface area contributed by atoms with Gasteiger partial charge in [0.2, 0.25) is 5.91 Å². The van der Waals surface area contributed by atoms with E-state index in [-0.39, 0.29) is 5.91 Å². The van der Waals surface area contributed by atoms with Gasteiger partial charge in [0.15, 0.2) is 0 Å². The predicted octanol–water partition coefficient (Wildman–Crippen LogP) is 2.23. The van der Waals surface area contributed by atoms with Crippen molar-refractivity contribution >= 4 is 5.91 Å². The summed E-state index contributed by atoms with van der Waals surface area (Å²) in [5.41, 5.74) is 5.00. The van der Waals surface area contributed by atoms with Gasteiger partial charge in [-0.1, -0.05) is 38.1 Å². The van der Waals surface area contributed by atoms with Crippen molar-refractivity contribution in [2.75, 3.05) is 13.1 Å². The quantitative estimate of drug-likeness (QED) is 0.480. The molecule has 0 bridgehead atoms. The largest absolute Gasteiger partial charge is 0.299 e. The monoisotopic (exact) mass is 289 g/mol. The van der Waals surface area contributed by atoms with Gasteiger partial charge >= 0.3 is 0 Å². The van der Waals surface area contributed by atoms with Crippen molar-refractivity contribution in [3.8, 4) is 0 Å². The van der Waals surface area contributed by atoms with Gasteiger partial charge in [-0.05, 0) is 42.3 Å². The molecule has 0 aliphatic carbocycles. The molecule has 1 aliphatic heterocycles. The Morgan fingerprint density at radius 2 is 1.86 bits per heavy atom. The van der Waals surface area contributed by atoms with E-state index in [0.29, 0.717) is 11.8 Å². The highest BCUT2D eigenvalue weighted by atomic mass is 16.2. The van der Waals surface area contributed by atoms with E-state index in [2.05, 4.69) is 36.3 Å². The van der Waals surface area contributed by atoms with Crippen LogP contribution in [0.3, 0.4) is 0 Å². The molecule has 0 saturated carbocycles. The van der Waals surface area contributed by atoms with Crippen LogP contribution >= 0.6 is 0 Å². The molecule has 2 rings (SSSR count). The van der Waals surface area contributed by atoms with Crippen LogP contribution in [0.1, 0.15) is 44.2 Å². The van der Waals surface area contributed by atoms with E-state index in [9.17, 15) is 4.79 Å². The molecule has 0 atom stereocenters. The molecular weight excluding hydrogens is 262 g/mol. The third-order valence-corrected chi connectivity index (χ3v) is 4.97. The molecule has 1 amide bonds. The maximum atomic E-state index is 11.2. The summed E-state index contributed by atoms with van der Waals surface area (Å²) < 4.78 is 0. The van der Waals surface area contributed by atoms with Crippen molar-refractivity contribution in [2.45, 2.75) is 46.1 Å². The fourth-order valence-corrected chi connectivity index (χ4v) is 3.25. The van der Waals surface area contributed by atoms with E-state index in [1.807, 2.05) is 12.1 Å². The van der Waals surface area contributed by atoms with Crippen LogP contribution in [0.5, 0.6) is 0 Å². The van der Waals surface area contributed by atoms with Gasteiger partial charge in [0.05, 0.1) is 6.42 Å². The smallest absolute Gasteiger partial charge is 0.238 e. The Morgan fingerprint density at radius 1 is 1.24 bits per heavy atom. The van der Waals surface area contributed by atoms with E-state index in [4.69, 9.17) is 5.84 Å². The van der Waals surface area contributed by atoms with Crippen molar-refractivity contribution in [2.24, 2.45) is 11.3 Å². The number of hydrogen-bond acceptors (Lipinski definition) is 3. The first-order valence-electron chi connectivity index (χ1n) is 7.90. The minimum atomic E-state index is -0.155. The summed E-state index contributed by atoms with van der Waals surface area (Å²) in [5, 5.41) is 0. The number of hydrazine groups is 1. The lowest BCUT2D eigenvalue weighted by Gasteiger charge is -2.26. The molecule has 1 aromatic rings. The van der Waals surface area contributed by atoms with Crippen molar-refractivity contribution in [1.29, 1.82) is 0 Å². The Hall–Kier alpha value is -1.39. The molecule has 21 heavy (non-hydrogen) atoms. The first kappa shape index (κ1) is 16.0. The lowest BCUT2D eigenvalue weighted by molar-refractivity contribution is -0.120. The van der Waals surface area contributed by atoms with Crippen LogP contribution in [-0.4, -0.2) is 23.9 Å². The number of carbonyl (C=O) groups is 1. The predicted molar refractivity (Wildman–Crippen MR) is 85.4 cm³/mol. The summed E-state index contributed by atoms with van der Waals surface area (Å²) in [5.74, 6) is 4.95. The van der Waals surface area contributed by atoms with Crippen LogP contribution in [0.2, 0.25) is 0 Å². The second kappa shape index (κ2) is 7.05. The second-order valence-electron chi connectivity index (χ2n) is 6.23. The summed E-state index contributed by atoms with van der Waals surface area (Å²) in [6.07, 6.45) is 4.20. The first-order chi connectivity index (χ1) is 10.1. The lowest BCUT2D eigenvalue weighted by atomic mass is 9.82. The molecule has 3 N–H and O–H groups in total. The fourth-order valence-electron chi connectivity index (χ4n) is 3.25. The normalized spacial score (nSPS) is 17.9. The van der Waals surface area contributed by atoms with Gasteiger partial charge in [0, 0.05) is 13.1 Å². The number of likely N-dealkylation sites (tertiary alicyclic amines) is 1. The van der Waals surface area contributed by atoms with Gasteiger partial charge in [-0.15, -0.1) is 0 Å². The summed E-state index contributed by atoms with van der Waals surface area (Å²) in [6.45, 7) is 8.02. The third-order valence-electron chi connectivity index (χ3n) is 4.97. The summed E-state index contributed by atoms with van der Waals surface area (Å²) in [6, 6.07) is 8.29. The zero-order chi connectivity index (χ0) is 15.3. The van der Waals surface area contributed by atoms with Crippen molar-refractivity contribution in [1.82, 2.24) is 10.3 Å². The van der Waals surface area contributed by atoms with Crippen LogP contribution in [0.25, 0.3) is 0 Å². The number of nitrogens with zero attached hydrogens (tertiary/aromatic N) is 1. The highest BCUT2D eigenvalue weighted by Crippen LogP contribution is 2.37. The maximum absolute atomic E-state index is 11.2. The molecule has 0 spiro atoms. The van der Waals surface area contributed by atoms with Crippen LogP contribution in [0.15, 0.2) is 24.3 Å². The summed E-state index contributed by atoms with van der Waals surface area (Å²) in [4.78, 5) is 13.8.